The van der Waals surface area contributed by atoms with Gasteiger partial charge in [-0.15, -0.1) is 0 Å². The fourth-order valence-electron chi connectivity index (χ4n) is 1.47. The Morgan fingerprint density at radius 2 is 1.89 bits per heavy atom. The lowest BCUT2D eigenvalue weighted by Crippen LogP contribution is -2.04. The van der Waals surface area contributed by atoms with E-state index in [2.05, 4.69) is 14.4 Å². The smallest absolute Gasteiger partial charge is 0.360 e. The van der Waals surface area contributed by atoms with Crippen LogP contribution in [0.15, 0.2) is 22.7 Å². The van der Waals surface area contributed by atoms with E-state index in [1.807, 2.05) is 0 Å². The quantitative estimate of drug-likeness (QED) is 0.805. The molecule has 1 heterocycles. The molecule has 0 fully saturated rings. The van der Waals surface area contributed by atoms with Crippen molar-refractivity contribution in [3.05, 3.63) is 41.3 Å². The molecule has 0 aliphatic rings. The molecule has 7 heteroatoms. The summed E-state index contributed by atoms with van der Waals surface area (Å²) < 4.78 is 49.0. The third-order valence-electron chi connectivity index (χ3n) is 2.25. The van der Waals surface area contributed by atoms with E-state index < -0.39 is 29.0 Å². The Morgan fingerprint density at radius 3 is 2.47 bits per heavy atom. The Labute approximate surface area is 105 Å². The molecule has 0 spiro atoms. The maximum absolute atomic E-state index is 13.5. The topological polar surface area (TPSA) is 52.3 Å². The second-order valence-corrected chi connectivity index (χ2v) is 3.54. The number of ether oxygens (including phenoxy) is 1. The summed E-state index contributed by atoms with van der Waals surface area (Å²) in [5.74, 6) is -4.45. The number of carbonyl (C=O) groups is 1. The number of aromatic nitrogens is 1. The minimum Gasteiger partial charge on any atom is -0.461 e. The molecular formula is C12H8F3NO3. The summed E-state index contributed by atoms with van der Waals surface area (Å²) in [6.07, 6.45) is 0. The van der Waals surface area contributed by atoms with Crippen molar-refractivity contribution in [2.75, 3.05) is 6.61 Å². The van der Waals surface area contributed by atoms with Crippen LogP contribution in [0.1, 0.15) is 17.4 Å². The van der Waals surface area contributed by atoms with Crippen LogP contribution in [0, 0.1) is 17.5 Å². The predicted octanol–water partition coefficient (Wildman–Crippen LogP) is 2.94. The molecule has 100 valence electrons. The van der Waals surface area contributed by atoms with Crippen LogP contribution >= 0.6 is 0 Å². The lowest BCUT2D eigenvalue weighted by molar-refractivity contribution is 0.0514. The molecule has 0 atom stereocenters. The molecule has 4 nitrogen and oxygen atoms in total. The summed E-state index contributed by atoms with van der Waals surface area (Å²) in [7, 11) is 0. The monoisotopic (exact) mass is 271 g/mol. The normalized spacial score (nSPS) is 10.5. The lowest BCUT2D eigenvalue weighted by Gasteiger charge is -2.00. The van der Waals surface area contributed by atoms with E-state index in [0.29, 0.717) is 12.1 Å². The Bertz CT molecular complexity index is 601. The highest BCUT2D eigenvalue weighted by Gasteiger charge is 2.20. The molecule has 0 saturated carbocycles. The van der Waals surface area contributed by atoms with Crippen molar-refractivity contribution in [2.45, 2.75) is 6.92 Å². The van der Waals surface area contributed by atoms with Gasteiger partial charge in [0.2, 0.25) is 0 Å². The van der Waals surface area contributed by atoms with Crippen molar-refractivity contribution in [1.82, 2.24) is 5.16 Å². The fraction of sp³-hybridized carbons (Fsp3) is 0.167. The standard InChI is InChI=1S/C12H8F3NO3/c1-2-18-12(17)9-5-10(19-16-9)11-7(14)3-6(13)4-8(11)15/h3-5H,2H2,1H3. The molecule has 2 aromatic rings. The third-order valence-corrected chi connectivity index (χ3v) is 2.25. The molecule has 0 N–H and O–H groups in total. The maximum atomic E-state index is 13.5. The molecule has 0 unspecified atom stereocenters. The van der Waals surface area contributed by atoms with Gasteiger partial charge in [0.25, 0.3) is 0 Å². The largest absolute Gasteiger partial charge is 0.461 e. The summed E-state index contributed by atoms with van der Waals surface area (Å²) in [5.41, 5.74) is -0.815. The Hall–Kier alpha value is -2.31. The van der Waals surface area contributed by atoms with Gasteiger partial charge in [0.05, 0.1) is 12.2 Å². The average Bonchev–Trinajstić information content (AvgIpc) is 2.77. The highest BCUT2D eigenvalue weighted by molar-refractivity contribution is 5.88. The first kappa shape index (κ1) is 13.1. The fourth-order valence-corrected chi connectivity index (χ4v) is 1.47. The SMILES string of the molecule is CCOC(=O)c1cc(-c2c(F)cc(F)cc2F)on1. The van der Waals surface area contributed by atoms with Crippen LogP contribution in [-0.4, -0.2) is 17.7 Å². The number of nitrogens with zero attached hydrogens (tertiary/aromatic N) is 1. The number of esters is 1. The zero-order valence-corrected chi connectivity index (χ0v) is 9.75. The van der Waals surface area contributed by atoms with Crippen molar-refractivity contribution in [3.63, 3.8) is 0 Å². The second-order valence-electron chi connectivity index (χ2n) is 3.54. The summed E-state index contributed by atoms with van der Waals surface area (Å²) in [5, 5.41) is 3.34. The minimum atomic E-state index is -1.15. The molecule has 0 radical (unpaired) electrons. The van der Waals surface area contributed by atoms with Crippen molar-refractivity contribution in [1.29, 1.82) is 0 Å². The number of rotatable bonds is 3. The average molecular weight is 271 g/mol. The zero-order valence-electron chi connectivity index (χ0n) is 9.75. The first-order valence-electron chi connectivity index (χ1n) is 5.31. The predicted molar refractivity (Wildman–Crippen MR) is 57.8 cm³/mol. The number of hydrogen-bond donors (Lipinski definition) is 0. The number of hydrogen-bond acceptors (Lipinski definition) is 4. The highest BCUT2D eigenvalue weighted by Crippen LogP contribution is 2.27. The summed E-state index contributed by atoms with van der Waals surface area (Å²) in [6.45, 7) is 1.72. The summed E-state index contributed by atoms with van der Waals surface area (Å²) >= 11 is 0. The van der Waals surface area contributed by atoms with Crippen LogP contribution in [-0.2, 0) is 4.74 Å². The van der Waals surface area contributed by atoms with Gasteiger partial charge in [0.1, 0.15) is 17.5 Å². The van der Waals surface area contributed by atoms with Crippen LogP contribution in [0.5, 0.6) is 0 Å². The molecule has 1 aromatic heterocycles. The molecule has 0 bridgehead atoms. The molecule has 19 heavy (non-hydrogen) atoms. The third kappa shape index (κ3) is 2.59. The van der Waals surface area contributed by atoms with Crippen LogP contribution < -0.4 is 0 Å². The van der Waals surface area contributed by atoms with Crippen LogP contribution in [0.3, 0.4) is 0 Å². The number of benzene rings is 1. The van der Waals surface area contributed by atoms with E-state index in [1.54, 1.807) is 6.92 Å². The second kappa shape index (κ2) is 5.13. The van der Waals surface area contributed by atoms with Crippen molar-refractivity contribution < 1.29 is 27.2 Å². The van der Waals surface area contributed by atoms with Gasteiger partial charge in [-0.05, 0) is 6.92 Å². The summed E-state index contributed by atoms with van der Waals surface area (Å²) in [4.78, 5) is 11.3. The Kier molecular flexibility index (Phi) is 3.55. The van der Waals surface area contributed by atoms with E-state index in [9.17, 15) is 18.0 Å². The van der Waals surface area contributed by atoms with E-state index in [4.69, 9.17) is 0 Å². The zero-order chi connectivity index (χ0) is 14.0. The van der Waals surface area contributed by atoms with Crippen LogP contribution in [0.4, 0.5) is 13.2 Å². The van der Waals surface area contributed by atoms with E-state index in [1.165, 1.54) is 0 Å². The molecule has 0 aliphatic carbocycles. The maximum Gasteiger partial charge on any atom is 0.360 e. The van der Waals surface area contributed by atoms with Gasteiger partial charge in [-0.1, -0.05) is 5.16 Å². The molecule has 0 amide bonds. The lowest BCUT2D eigenvalue weighted by atomic mass is 10.1. The van der Waals surface area contributed by atoms with Crippen LogP contribution in [0.25, 0.3) is 11.3 Å². The van der Waals surface area contributed by atoms with Gasteiger partial charge in [0.15, 0.2) is 11.5 Å². The van der Waals surface area contributed by atoms with Gasteiger partial charge in [-0.2, -0.15) is 0 Å². The van der Waals surface area contributed by atoms with E-state index in [-0.39, 0.29) is 18.1 Å². The van der Waals surface area contributed by atoms with Crippen LogP contribution in [0.2, 0.25) is 0 Å². The van der Waals surface area contributed by atoms with Gasteiger partial charge in [-0.25, -0.2) is 18.0 Å². The Morgan fingerprint density at radius 1 is 1.26 bits per heavy atom. The highest BCUT2D eigenvalue weighted by atomic mass is 19.1. The number of carbonyl (C=O) groups excluding carboxylic acids is 1. The van der Waals surface area contributed by atoms with Gasteiger partial charge in [-0.3, -0.25) is 0 Å². The van der Waals surface area contributed by atoms with Gasteiger partial charge < -0.3 is 9.26 Å². The van der Waals surface area contributed by atoms with Crippen molar-refractivity contribution in [3.8, 4) is 11.3 Å². The van der Waals surface area contributed by atoms with Crippen molar-refractivity contribution >= 4 is 5.97 Å². The van der Waals surface area contributed by atoms with Gasteiger partial charge in [0, 0.05) is 18.2 Å². The minimum absolute atomic E-state index is 0.125. The molecule has 2 rings (SSSR count). The molecule has 0 saturated heterocycles. The van der Waals surface area contributed by atoms with Gasteiger partial charge >= 0.3 is 5.97 Å². The van der Waals surface area contributed by atoms with Crippen molar-refractivity contribution in [2.24, 2.45) is 0 Å². The Balaban J connectivity index is 2.41. The van der Waals surface area contributed by atoms with E-state index >= 15 is 0 Å². The first-order valence-corrected chi connectivity index (χ1v) is 5.31. The first-order chi connectivity index (χ1) is 9.02. The molecule has 0 aliphatic heterocycles. The number of halogens is 3. The molecule has 1 aromatic carbocycles. The van der Waals surface area contributed by atoms with E-state index in [0.717, 1.165) is 6.07 Å². The molecular weight excluding hydrogens is 263 g/mol. The summed E-state index contributed by atoms with van der Waals surface area (Å²) in [6, 6.07) is 2.04.